The minimum absolute atomic E-state index is 0.0547. The van der Waals surface area contributed by atoms with Gasteiger partial charge >= 0.3 is 0 Å². The zero-order valence-electron chi connectivity index (χ0n) is 11.5. The van der Waals surface area contributed by atoms with Crippen LogP contribution in [0.4, 0.5) is 0 Å². The molecule has 0 bridgehead atoms. The van der Waals surface area contributed by atoms with E-state index in [0.717, 1.165) is 12.8 Å². The van der Waals surface area contributed by atoms with Crippen LogP contribution < -0.4 is 0 Å². The Morgan fingerprint density at radius 3 is 1.65 bits per heavy atom. The fourth-order valence-electron chi connectivity index (χ4n) is 2.02. The summed E-state index contributed by atoms with van der Waals surface area (Å²) in [7, 11) is 0. The molecule has 0 fully saturated rings. The summed E-state index contributed by atoms with van der Waals surface area (Å²) in [4.78, 5) is 14.2. The highest BCUT2D eigenvalue weighted by Gasteiger charge is 1.97. The van der Waals surface area contributed by atoms with Crippen molar-refractivity contribution in [3.63, 3.8) is 0 Å². The van der Waals surface area contributed by atoms with Crippen molar-refractivity contribution in [1.82, 2.24) is 0 Å². The third-order valence-corrected chi connectivity index (χ3v) is 3.17. The predicted octanol–water partition coefficient (Wildman–Crippen LogP) is 4.91. The van der Waals surface area contributed by atoms with Gasteiger partial charge in [-0.05, 0) is 13.1 Å². The molecular formula is C15H29NO. The first-order valence-corrected chi connectivity index (χ1v) is 7.30. The Labute approximate surface area is 107 Å². The van der Waals surface area contributed by atoms with E-state index in [0.29, 0.717) is 6.42 Å². The van der Waals surface area contributed by atoms with Crippen LogP contribution in [0, 0.1) is 0 Å². The van der Waals surface area contributed by atoms with Crippen LogP contribution >= 0.6 is 0 Å². The molecule has 0 aromatic rings. The number of amides is 1. The third kappa shape index (κ3) is 13.3. The third-order valence-electron chi connectivity index (χ3n) is 3.17. The number of hydrogen-bond donors (Lipinski definition) is 0. The SMILES string of the molecule is C=NC(=O)CCCCCCCCCCCCC. The van der Waals surface area contributed by atoms with Crippen LogP contribution in [-0.2, 0) is 4.79 Å². The van der Waals surface area contributed by atoms with E-state index in [1.807, 2.05) is 0 Å². The molecule has 0 spiro atoms. The van der Waals surface area contributed by atoms with Gasteiger partial charge in [-0.25, -0.2) is 4.99 Å². The van der Waals surface area contributed by atoms with Gasteiger partial charge in [-0.15, -0.1) is 0 Å². The zero-order chi connectivity index (χ0) is 12.8. The minimum Gasteiger partial charge on any atom is -0.273 e. The topological polar surface area (TPSA) is 29.4 Å². The summed E-state index contributed by atoms with van der Waals surface area (Å²) >= 11 is 0. The summed E-state index contributed by atoms with van der Waals surface area (Å²) in [5, 5.41) is 0. The van der Waals surface area contributed by atoms with Crippen LogP contribution in [0.1, 0.15) is 84.0 Å². The van der Waals surface area contributed by atoms with Gasteiger partial charge in [0, 0.05) is 6.42 Å². The minimum atomic E-state index is -0.0547. The van der Waals surface area contributed by atoms with Gasteiger partial charge in [0.15, 0.2) is 0 Å². The molecule has 0 saturated carbocycles. The van der Waals surface area contributed by atoms with Crippen molar-refractivity contribution >= 4 is 12.6 Å². The summed E-state index contributed by atoms with van der Waals surface area (Å²) in [6, 6.07) is 0. The van der Waals surface area contributed by atoms with Gasteiger partial charge in [0.2, 0.25) is 5.91 Å². The van der Waals surface area contributed by atoms with Gasteiger partial charge in [0.1, 0.15) is 0 Å². The maximum absolute atomic E-state index is 10.8. The second-order valence-corrected chi connectivity index (χ2v) is 4.84. The van der Waals surface area contributed by atoms with Gasteiger partial charge in [0.25, 0.3) is 0 Å². The molecule has 0 rings (SSSR count). The molecule has 0 saturated heterocycles. The van der Waals surface area contributed by atoms with Crippen molar-refractivity contribution < 1.29 is 4.79 Å². The molecular weight excluding hydrogens is 210 g/mol. The highest BCUT2D eigenvalue weighted by molar-refractivity contribution is 5.80. The number of unbranched alkanes of at least 4 members (excludes halogenated alkanes) is 10. The molecule has 2 nitrogen and oxygen atoms in total. The van der Waals surface area contributed by atoms with Crippen LogP contribution in [-0.4, -0.2) is 12.6 Å². The van der Waals surface area contributed by atoms with E-state index in [4.69, 9.17) is 0 Å². The van der Waals surface area contributed by atoms with E-state index >= 15 is 0 Å². The summed E-state index contributed by atoms with van der Waals surface area (Å²) in [5.41, 5.74) is 0. The first kappa shape index (κ1) is 16.3. The largest absolute Gasteiger partial charge is 0.273 e. The molecule has 0 heterocycles. The molecule has 17 heavy (non-hydrogen) atoms. The summed E-state index contributed by atoms with van der Waals surface area (Å²) < 4.78 is 0. The molecule has 0 N–H and O–H groups in total. The monoisotopic (exact) mass is 239 g/mol. The maximum Gasteiger partial charge on any atom is 0.245 e. The lowest BCUT2D eigenvalue weighted by Gasteiger charge is -2.01. The maximum atomic E-state index is 10.8. The lowest BCUT2D eigenvalue weighted by atomic mass is 10.1. The number of carbonyl (C=O) groups excluding carboxylic acids is 1. The first-order chi connectivity index (χ1) is 8.31. The molecule has 0 aromatic heterocycles. The standard InChI is InChI=1S/C15H29NO/c1-3-4-5-6-7-8-9-10-11-12-13-14-15(17)16-2/h2-14H2,1H3. The van der Waals surface area contributed by atoms with Crippen LogP contribution in [0.15, 0.2) is 4.99 Å². The Bertz CT molecular complexity index is 189. The second kappa shape index (κ2) is 13.4. The van der Waals surface area contributed by atoms with Crippen molar-refractivity contribution in [2.45, 2.75) is 84.0 Å². The lowest BCUT2D eigenvalue weighted by Crippen LogP contribution is -1.91. The van der Waals surface area contributed by atoms with Crippen molar-refractivity contribution in [3.8, 4) is 0 Å². The van der Waals surface area contributed by atoms with Gasteiger partial charge < -0.3 is 0 Å². The first-order valence-electron chi connectivity index (χ1n) is 7.30. The summed E-state index contributed by atoms with van der Waals surface area (Å²) in [6.45, 7) is 5.49. The van der Waals surface area contributed by atoms with E-state index in [9.17, 15) is 4.79 Å². The van der Waals surface area contributed by atoms with Crippen LogP contribution in [0.5, 0.6) is 0 Å². The smallest absolute Gasteiger partial charge is 0.245 e. The average Bonchev–Trinajstić information content (AvgIpc) is 2.35. The second-order valence-electron chi connectivity index (χ2n) is 4.84. The molecule has 100 valence electrons. The van der Waals surface area contributed by atoms with Crippen molar-refractivity contribution in [2.24, 2.45) is 4.99 Å². The van der Waals surface area contributed by atoms with Crippen LogP contribution in [0.25, 0.3) is 0 Å². The molecule has 0 aromatic carbocycles. The van der Waals surface area contributed by atoms with Crippen molar-refractivity contribution in [2.75, 3.05) is 0 Å². The number of nitrogens with zero attached hydrogens (tertiary/aromatic N) is 1. The van der Waals surface area contributed by atoms with Gasteiger partial charge in [-0.2, -0.15) is 0 Å². The van der Waals surface area contributed by atoms with E-state index < -0.39 is 0 Å². The fourth-order valence-corrected chi connectivity index (χ4v) is 2.02. The average molecular weight is 239 g/mol. The van der Waals surface area contributed by atoms with E-state index in [2.05, 4.69) is 18.6 Å². The van der Waals surface area contributed by atoms with Crippen LogP contribution in [0.3, 0.4) is 0 Å². The Balaban J connectivity index is 2.98. The highest BCUT2D eigenvalue weighted by atomic mass is 16.1. The van der Waals surface area contributed by atoms with Gasteiger partial charge in [0.05, 0.1) is 0 Å². The number of rotatable bonds is 12. The Kier molecular flexibility index (Phi) is 12.9. The van der Waals surface area contributed by atoms with Crippen molar-refractivity contribution in [1.29, 1.82) is 0 Å². The quantitative estimate of drug-likeness (QED) is 0.351. The number of aliphatic imine (C=N–C) groups is 1. The summed E-state index contributed by atoms with van der Waals surface area (Å²) in [6.07, 6.45) is 15.0. The Morgan fingerprint density at radius 2 is 1.24 bits per heavy atom. The number of carbonyl (C=O) groups is 1. The molecule has 0 aliphatic carbocycles. The van der Waals surface area contributed by atoms with E-state index in [1.54, 1.807) is 0 Å². The lowest BCUT2D eigenvalue weighted by molar-refractivity contribution is -0.117. The number of hydrogen-bond acceptors (Lipinski definition) is 1. The van der Waals surface area contributed by atoms with E-state index in [-0.39, 0.29) is 5.91 Å². The zero-order valence-corrected chi connectivity index (χ0v) is 11.5. The molecule has 0 unspecified atom stereocenters. The Hall–Kier alpha value is -0.660. The molecule has 0 radical (unpaired) electrons. The normalized spacial score (nSPS) is 10.4. The Morgan fingerprint density at radius 1 is 0.824 bits per heavy atom. The van der Waals surface area contributed by atoms with Gasteiger partial charge in [-0.3, -0.25) is 4.79 Å². The molecule has 1 amide bonds. The van der Waals surface area contributed by atoms with Gasteiger partial charge in [-0.1, -0.05) is 71.1 Å². The molecule has 0 aliphatic heterocycles. The molecule has 0 aliphatic rings. The fraction of sp³-hybridized carbons (Fsp3) is 0.867. The molecule has 0 atom stereocenters. The van der Waals surface area contributed by atoms with Crippen molar-refractivity contribution in [3.05, 3.63) is 0 Å². The molecule has 2 heteroatoms. The van der Waals surface area contributed by atoms with E-state index in [1.165, 1.54) is 57.8 Å². The highest BCUT2D eigenvalue weighted by Crippen LogP contribution is 2.11. The van der Waals surface area contributed by atoms with Crippen LogP contribution in [0.2, 0.25) is 0 Å². The predicted molar refractivity (Wildman–Crippen MR) is 75.6 cm³/mol. The summed E-state index contributed by atoms with van der Waals surface area (Å²) in [5.74, 6) is -0.0547.